The predicted octanol–water partition coefficient (Wildman–Crippen LogP) is 5.03. The standard InChI is InChI=1S/C30H33FN4O2/c1-3-37-25-13-11-23(12-14-25)29-20-27(24-8-6-7-22(2)19-24)32-35(29)30(36)21-33-15-17-34(18-16-33)28-10-5-4-9-26(28)31/h4-14,19,29H,3,15-18,20-21H2,1-2H3. The van der Waals surface area contributed by atoms with Crippen LogP contribution >= 0.6 is 0 Å². The van der Waals surface area contributed by atoms with Gasteiger partial charge in [0.15, 0.2) is 0 Å². The number of carbonyl (C=O) groups excluding carboxylic acids is 1. The minimum atomic E-state index is -0.208. The fraction of sp³-hybridized carbons (Fsp3) is 0.333. The van der Waals surface area contributed by atoms with E-state index in [-0.39, 0.29) is 24.3 Å². The number of hydrazone groups is 1. The zero-order chi connectivity index (χ0) is 25.8. The number of ether oxygens (including phenoxy) is 1. The lowest BCUT2D eigenvalue weighted by molar-refractivity contribution is -0.134. The number of nitrogens with zero attached hydrogens (tertiary/aromatic N) is 4. The highest BCUT2D eigenvalue weighted by Gasteiger charge is 2.34. The molecule has 37 heavy (non-hydrogen) atoms. The van der Waals surface area contributed by atoms with Crippen LogP contribution in [0.5, 0.6) is 5.75 Å². The molecule has 2 aliphatic heterocycles. The summed E-state index contributed by atoms with van der Waals surface area (Å²) in [4.78, 5) is 17.8. The van der Waals surface area contributed by atoms with Crippen molar-refractivity contribution in [3.63, 3.8) is 0 Å². The molecule has 0 radical (unpaired) electrons. The summed E-state index contributed by atoms with van der Waals surface area (Å²) in [5, 5.41) is 6.50. The number of hydrogen-bond donors (Lipinski definition) is 0. The van der Waals surface area contributed by atoms with Crippen LogP contribution in [0.4, 0.5) is 10.1 Å². The third kappa shape index (κ3) is 5.67. The number of amides is 1. The summed E-state index contributed by atoms with van der Waals surface area (Å²) in [6.07, 6.45) is 0.657. The number of benzene rings is 3. The van der Waals surface area contributed by atoms with Gasteiger partial charge >= 0.3 is 0 Å². The number of rotatable bonds is 7. The number of anilines is 1. The van der Waals surface area contributed by atoms with E-state index >= 15 is 0 Å². The SMILES string of the molecule is CCOc1ccc(C2CC(c3cccc(C)c3)=NN2C(=O)CN2CCN(c3ccccc3F)CC2)cc1. The molecule has 2 aliphatic rings. The maximum Gasteiger partial charge on any atom is 0.257 e. The van der Waals surface area contributed by atoms with Gasteiger partial charge in [-0.1, -0.05) is 54.1 Å². The summed E-state index contributed by atoms with van der Waals surface area (Å²) in [6.45, 7) is 7.65. The summed E-state index contributed by atoms with van der Waals surface area (Å²) in [5.41, 5.74) is 4.78. The molecule has 5 rings (SSSR count). The molecule has 1 fully saturated rings. The zero-order valence-electron chi connectivity index (χ0n) is 21.4. The van der Waals surface area contributed by atoms with E-state index in [0.717, 1.165) is 28.2 Å². The van der Waals surface area contributed by atoms with Gasteiger partial charge in [-0.2, -0.15) is 5.10 Å². The monoisotopic (exact) mass is 500 g/mol. The first kappa shape index (κ1) is 25.0. The van der Waals surface area contributed by atoms with Crippen molar-refractivity contribution >= 4 is 17.3 Å². The van der Waals surface area contributed by atoms with Crippen molar-refractivity contribution in [1.82, 2.24) is 9.91 Å². The van der Waals surface area contributed by atoms with Gasteiger partial charge in [-0.15, -0.1) is 0 Å². The van der Waals surface area contributed by atoms with Crippen molar-refractivity contribution in [2.24, 2.45) is 5.10 Å². The van der Waals surface area contributed by atoms with Crippen LogP contribution in [0.1, 0.15) is 36.1 Å². The highest BCUT2D eigenvalue weighted by Crippen LogP contribution is 2.34. The Balaban J connectivity index is 1.31. The minimum Gasteiger partial charge on any atom is -0.494 e. The second-order valence-electron chi connectivity index (χ2n) is 9.59. The van der Waals surface area contributed by atoms with Crippen LogP contribution in [0.2, 0.25) is 0 Å². The van der Waals surface area contributed by atoms with Gasteiger partial charge in [0.25, 0.3) is 5.91 Å². The second-order valence-corrected chi connectivity index (χ2v) is 9.59. The molecule has 192 valence electrons. The third-order valence-electron chi connectivity index (χ3n) is 7.02. The highest BCUT2D eigenvalue weighted by atomic mass is 19.1. The Kier molecular flexibility index (Phi) is 7.51. The van der Waals surface area contributed by atoms with Gasteiger partial charge in [-0.05, 0) is 49.2 Å². The second kappa shape index (κ2) is 11.1. The first-order valence-electron chi connectivity index (χ1n) is 12.9. The van der Waals surface area contributed by atoms with Crippen molar-refractivity contribution in [1.29, 1.82) is 0 Å². The molecule has 0 aliphatic carbocycles. The highest BCUT2D eigenvalue weighted by molar-refractivity contribution is 6.03. The van der Waals surface area contributed by atoms with Crippen molar-refractivity contribution in [3.8, 4) is 5.75 Å². The van der Waals surface area contributed by atoms with Gasteiger partial charge < -0.3 is 9.64 Å². The number of aryl methyl sites for hydroxylation is 1. The van der Waals surface area contributed by atoms with E-state index in [1.54, 1.807) is 11.1 Å². The number of halogens is 1. The van der Waals surface area contributed by atoms with Crippen LogP contribution in [0, 0.1) is 12.7 Å². The van der Waals surface area contributed by atoms with Crippen molar-refractivity contribution < 1.29 is 13.9 Å². The van der Waals surface area contributed by atoms with Gasteiger partial charge in [0.1, 0.15) is 11.6 Å². The molecule has 0 N–H and O–H groups in total. The molecule has 0 aromatic heterocycles. The van der Waals surface area contributed by atoms with E-state index in [4.69, 9.17) is 9.84 Å². The van der Waals surface area contributed by atoms with E-state index in [2.05, 4.69) is 30.0 Å². The number of para-hydroxylation sites is 1. The maximum atomic E-state index is 14.2. The van der Waals surface area contributed by atoms with Crippen LogP contribution in [-0.2, 0) is 4.79 Å². The molecule has 3 aromatic rings. The molecule has 2 heterocycles. The Labute approximate surface area is 217 Å². The van der Waals surface area contributed by atoms with Gasteiger partial charge in [0.05, 0.1) is 30.6 Å². The van der Waals surface area contributed by atoms with E-state index < -0.39 is 0 Å². The fourth-order valence-electron chi connectivity index (χ4n) is 5.07. The number of carbonyl (C=O) groups is 1. The maximum absolute atomic E-state index is 14.2. The van der Waals surface area contributed by atoms with Gasteiger partial charge in [0.2, 0.25) is 0 Å². The summed E-state index contributed by atoms with van der Waals surface area (Å²) in [7, 11) is 0. The Morgan fingerprint density at radius 2 is 1.76 bits per heavy atom. The zero-order valence-corrected chi connectivity index (χ0v) is 21.4. The average molecular weight is 501 g/mol. The molecule has 1 amide bonds. The largest absolute Gasteiger partial charge is 0.494 e. The third-order valence-corrected chi connectivity index (χ3v) is 7.02. The van der Waals surface area contributed by atoms with Gasteiger partial charge in [-0.3, -0.25) is 9.69 Å². The predicted molar refractivity (Wildman–Crippen MR) is 145 cm³/mol. The van der Waals surface area contributed by atoms with Crippen LogP contribution in [0.15, 0.2) is 77.9 Å². The molecule has 0 saturated carbocycles. The Bertz CT molecular complexity index is 1270. The molecule has 1 atom stereocenters. The smallest absolute Gasteiger partial charge is 0.257 e. The lowest BCUT2D eigenvalue weighted by Gasteiger charge is -2.36. The van der Waals surface area contributed by atoms with Crippen LogP contribution < -0.4 is 9.64 Å². The Hall–Kier alpha value is -3.71. The van der Waals surface area contributed by atoms with Crippen molar-refractivity contribution in [3.05, 3.63) is 95.3 Å². The molecule has 3 aromatic carbocycles. The molecule has 0 bridgehead atoms. The Morgan fingerprint density at radius 3 is 2.46 bits per heavy atom. The first-order valence-corrected chi connectivity index (χ1v) is 12.9. The van der Waals surface area contributed by atoms with E-state index in [9.17, 15) is 9.18 Å². The minimum absolute atomic E-state index is 0.0270. The molecule has 7 heteroatoms. The summed E-state index contributed by atoms with van der Waals surface area (Å²) in [6, 6.07) is 22.9. The number of piperazine rings is 1. The van der Waals surface area contributed by atoms with Crippen LogP contribution in [0.3, 0.4) is 0 Å². The molecule has 0 spiro atoms. The summed E-state index contributed by atoms with van der Waals surface area (Å²) >= 11 is 0. The Morgan fingerprint density at radius 1 is 1.00 bits per heavy atom. The first-order chi connectivity index (χ1) is 18.0. The van der Waals surface area contributed by atoms with Crippen molar-refractivity contribution in [2.45, 2.75) is 26.3 Å². The van der Waals surface area contributed by atoms with Crippen LogP contribution in [-0.4, -0.2) is 60.9 Å². The molecule has 1 unspecified atom stereocenters. The molecular weight excluding hydrogens is 467 g/mol. The molecule has 1 saturated heterocycles. The van der Waals surface area contributed by atoms with E-state index in [1.165, 1.54) is 6.07 Å². The number of hydrogen-bond acceptors (Lipinski definition) is 5. The lowest BCUT2D eigenvalue weighted by atomic mass is 9.97. The molecular formula is C30H33FN4O2. The lowest BCUT2D eigenvalue weighted by Crippen LogP contribution is -2.49. The van der Waals surface area contributed by atoms with E-state index in [1.807, 2.05) is 54.3 Å². The summed E-state index contributed by atoms with van der Waals surface area (Å²) < 4.78 is 19.8. The quantitative estimate of drug-likeness (QED) is 0.457. The van der Waals surface area contributed by atoms with E-state index in [0.29, 0.717) is 44.9 Å². The normalized spacial score (nSPS) is 18.1. The topological polar surface area (TPSA) is 48.4 Å². The fourth-order valence-corrected chi connectivity index (χ4v) is 5.07. The van der Waals surface area contributed by atoms with Crippen LogP contribution in [0.25, 0.3) is 0 Å². The van der Waals surface area contributed by atoms with Crippen molar-refractivity contribution in [2.75, 3.05) is 44.2 Å². The van der Waals surface area contributed by atoms with Gasteiger partial charge in [0, 0.05) is 32.6 Å². The molecule has 6 nitrogen and oxygen atoms in total. The van der Waals surface area contributed by atoms with Gasteiger partial charge in [-0.25, -0.2) is 9.40 Å². The summed E-state index contributed by atoms with van der Waals surface area (Å²) in [5.74, 6) is 0.579. The average Bonchev–Trinajstić information content (AvgIpc) is 3.36.